The van der Waals surface area contributed by atoms with Crippen LogP contribution < -0.4 is 10.6 Å². The van der Waals surface area contributed by atoms with Crippen molar-refractivity contribution in [1.82, 2.24) is 24.5 Å². The number of carbonyl (C=O) groups is 2. The molecule has 0 saturated carbocycles. The summed E-state index contributed by atoms with van der Waals surface area (Å²) >= 11 is 0. The third-order valence-electron chi connectivity index (χ3n) is 4.42. The van der Waals surface area contributed by atoms with Crippen LogP contribution in [0.25, 0.3) is 5.65 Å². The van der Waals surface area contributed by atoms with E-state index in [1.54, 1.807) is 19.2 Å². The molecular formula is C20H20N6O3. The third-order valence-corrected chi connectivity index (χ3v) is 4.42. The first-order valence-electron chi connectivity index (χ1n) is 9.07. The van der Waals surface area contributed by atoms with Gasteiger partial charge >= 0.3 is 0 Å². The fourth-order valence-corrected chi connectivity index (χ4v) is 2.97. The number of imidazole rings is 1. The van der Waals surface area contributed by atoms with Crippen LogP contribution in [-0.4, -0.2) is 31.0 Å². The van der Waals surface area contributed by atoms with Crippen LogP contribution in [0.4, 0.5) is 5.69 Å². The van der Waals surface area contributed by atoms with Crippen molar-refractivity contribution in [1.29, 1.82) is 0 Å². The molecule has 9 nitrogen and oxygen atoms in total. The molecule has 0 aromatic carbocycles. The van der Waals surface area contributed by atoms with Gasteiger partial charge < -0.3 is 19.5 Å². The van der Waals surface area contributed by atoms with Gasteiger partial charge in [-0.15, -0.1) is 0 Å². The second-order valence-corrected chi connectivity index (χ2v) is 6.75. The molecule has 4 aromatic heterocycles. The Balaban J connectivity index is 1.31. The van der Waals surface area contributed by atoms with E-state index in [0.29, 0.717) is 23.6 Å². The number of anilines is 1. The van der Waals surface area contributed by atoms with Crippen LogP contribution >= 0.6 is 0 Å². The molecule has 148 valence electrons. The maximum absolute atomic E-state index is 12.2. The molecule has 4 aromatic rings. The van der Waals surface area contributed by atoms with Crippen LogP contribution in [0.15, 0.2) is 53.7 Å². The first-order valence-corrected chi connectivity index (χ1v) is 9.07. The van der Waals surface area contributed by atoms with Crippen LogP contribution in [0.5, 0.6) is 0 Å². The number of carbonyl (C=O) groups excluding carboxylic acids is 2. The largest absolute Gasteiger partial charge is 0.469 e. The summed E-state index contributed by atoms with van der Waals surface area (Å²) in [7, 11) is 0. The number of nitrogens with zero attached hydrogens (tertiary/aromatic N) is 4. The molecule has 0 radical (unpaired) electrons. The first kappa shape index (κ1) is 18.5. The van der Waals surface area contributed by atoms with Gasteiger partial charge in [0.05, 0.1) is 35.9 Å². The van der Waals surface area contributed by atoms with E-state index in [0.717, 1.165) is 16.9 Å². The van der Waals surface area contributed by atoms with Gasteiger partial charge in [-0.2, -0.15) is 5.10 Å². The number of hydrogen-bond acceptors (Lipinski definition) is 5. The molecule has 0 aliphatic carbocycles. The van der Waals surface area contributed by atoms with Crippen molar-refractivity contribution in [3.05, 3.63) is 71.8 Å². The predicted octanol–water partition coefficient (Wildman–Crippen LogP) is 2.31. The van der Waals surface area contributed by atoms with Crippen molar-refractivity contribution in [3.8, 4) is 0 Å². The van der Waals surface area contributed by atoms with Gasteiger partial charge in [-0.05, 0) is 31.5 Å². The fraction of sp³-hybridized carbons (Fsp3) is 0.200. The predicted molar refractivity (Wildman–Crippen MR) is 105 cm³/mol. The minimum atomic E-state index is -0.290. The molecule has 0 aliphatic heterocycles. The van der Waals surface area contributed by atoms with Gasteiger partial charge in [0.2, 0.25) is 5.91 Å². The molecule has 0 aliphatic rings. The zero-order valence-electron chi connectivity index (χ0n) is 16.0. The van der Waals surface area contributed by atoms with Crippen LogP contribution in [0, 0.1) is 13.8 Å². The van der Waals surface area contributed by atoms with Gasteiger partial charge in [0.25, 0.3) is 5.91 Å². The van der Waals surface area contributed by atoms with Crippen LogP contribution in [0.2, 0.25) is 0 Å². The monoisotopic (exact) mass is 392 g/mol. The molecule has 0 atom stereocenters. The van der Waals surface area contributed by atoms with E-state index in [1.165, 1.54) is 17.1 Å². The average molecular weight is 392 g/mol. The maximum atomic E-state index is 12.2. The smallest absolute Gasteiger partial charge is 0.259 e. The number of amides is 2. The number of aromatic nitrogens is 4. The lowest BCUT2D eigenvalue weighted by atomic mass is 10.2. The molecule has 0 saturated heterocycles. The minimum absolute atomic E-state index is 0.0348. The van der Waals surface area contributed by atoms with Crippen molar-refractivity contribution in [2.24, 2.45) is 0 Å². The highest BCUT2D eigenvalue weighted by molar-refractivity contribution is 6.04. The van der Waals surface area contributed by atoms with Crippen molar-refractivity contribution in [2.45, 2.75) is 26.9 Å². The summed E-state index contributed by atoms with van der Waals surface area (Å²) in [6, 6.07) is 5.53. The van der Waals surface area contributed by atoms with Crippen molar-refractivity contribution < 1.29 is 14.0 Å². The summed E-state index contributed by atoms with van der Waals surface area (Å²) in [5.41, 5.74) is 3.69. The van der Waals surface area contributed by atoms with Gasteiger partial charge in [0.1, 0.15) is 18.0 Å². The van der Waals surface area contributed by atoms with Crippen LogP contribution in [0.3, 0.4) is 0 Å². The fourth-order valence-electron chi connectivity index (χ4n) is 2.97. The average Bonchev–Trinajstić information content (AvgIpc) is 3.39. The van der Waals surface area contributed by atoms with Gasteiger partial charge in [-0.3, -0.25) is 14.3 Å². The molecule has 0 bridgehead atoms. The molecule has 0 fully saturated rings. The first-order chi connectivity index (χ1) is 14.0. The Kier molecular flexibility index (Phi) is 4.86. The summed E-state index contributed by atoms with van der Waals surface area (Å²) in [5, 5.41) is 9.67. The number of nitrogens with one attached hydrogen (secondary N) is 2. The lowest BCUT2D eigenvalue weighted by Crippen LogP contribution is -2.27. The van der Waals surface area contributed by atoms with Gasteiger partial charge in [0.15, 0.2) is 0 Å². The van der Waals surface area contributed by atoms with Crippen molar-refractivity contribution in [3.63, 3.8) is 0 Å². The summed E-state index contributed by atoms with van der Waals surface area (Å²) in [5.74, 6) is 0.0450. The van der Waals surface area contributed by atoms with E-state index in [1.807, 2.05) is 35.9 Å². The Morgan fingerprint density at radius 2 is 2.00 bits per heavy atom. The number of aryl methyl sites for hydroxylation is 2. The molecule has 29 heavy (non-hydrogen) atoms. The highest BCUT2D eigenvalue weighted by atomic mass is 16.3. The maximum Gasteiger partial charge on any atom is 0.259 e. The van der Waals surface area contributed by atoms with E-state index in [4.69, 9.17) is 4.42 Å². The van der Waals surface area contributed by atoms with Gasteiger partial charge in [-0.25, -0.2) is 4.98 Å². The van der Waals surface area contributed by atoms with Gasteiger partial charge in [0, 0.05) is 18.6 Å². The Morgan fingerprint density at radius 1 is 1.14 bits per heavy atom. The summed E-state index contributed by atoms with van der Waals surface area (Å²) in [4.78, 5) is 28.9. The summed E-state index contributed by atoms with van der Waals surface area (Å²) in [6.45, 7) is 4.09. The second-order valence-electron chi connectivity index (χ2n) is 6.75. The van der Waals surface area contributed by atoms with Gasteiger partial charge in [-0.1, -0.05) is 6.07 Å². The second kappa shape index (κ2) is 7.63. The van der Waals surface area contributed by atoms with E-state index in [-0.39, 0.29) is 18.4 Å². The molecule has 4 heterocycles. The third kappa shape index (κ3) is 4.18. The SMILES string of the molecule is Cc1ccc2nc(CNC(=O)Cn3cc(NC(=O)c4ccoc4C)cn3)cn2c1. The molecule has 4 rings (SSSR count). The number of fused-ring (bicyclic) bond motifs is 1. The summed E-state index contributed by atoms with van der Waals surface area (Å²) in [6.07, 6.45) is 8.42. The normalized spacial score (nSPS) is 11.0. The summed E-state index contributed by atoms with van der Waals surface area (Å²) < 4.78 is 8.52. The zero-order valence-corrected chi connectivity index (χ0v) is 16.0. The topological polar surface area (TPSA) is 106 Å². The number of hydrogen-bond donors (Lipinski definition) is 2. The molecular weight excluding hydrogens is 372 g/mol. The van der Waals surface area contributed by atoms with Crippen LogP contribution in [0.1, 0.15) is 27.4 Å². The Morgan fingerprint density at radius 3 is 2.79 bits per heavy atom. The van der Waals surface area contributed by atoms with Crippen molar-refractivity contribution >= 4 is 23.1 Å². The standard InChI is InChI=1S/C20H20N6O3/c1-13-3-4-18-23-15(10-25(18)9-13)7-21-19(27)12-26-11-16(8-22-26)24-20(28)17-5-6-29-14(17)2/h3-6,8-11H,7,12H2,1-2H3,(H,21,27)(H,24,28). The molecule has 2 N–H and O–H groups in total. The highest BCUT2D eigenvalue weighted by Gasteiger charge is 2.13. The Hall–Kier alpha value is -3.88. The lowest BCUT2D eigenvalue weighted by molar-refractivity contribution is -0.122. The Labute approximate surface area is 166 Å². The zero-order chi connectivity index (χ0) is 20.4. The Bertz CT molecular complexity index is 1190. The van der Waals surface area contributed by atoms with E-state index < -0.39 is 0 Å². The number of rotatable bonds is 6. The van der Waals surface area contributed by atoms with Crippen molar-refractivity contribution in [2.75, 3.05) is 5.32 Å². The van der Waals surface area contributed by atoms with E-state index in [2.05, 4.69) is 20.7 Å². The van der Waals surface area contributed by atoms with E-state index >= 15 is 0 Å². The van der Waals surface area contributed by atoms with E-state index in [9.17, 15) is 9.59 Å². The lowest BCUT2D eigenvalue weighted by Gasteiger charge is -2.03. The molecule has 2 amide bonds. The number of furan rings is 1. The van der Waals surface area contributed by atoms with Crippen LogP contribution in [-0.2, 0) is 17.9 Å². The minimum Gasteiger partial charge on any atom is -0.469 e. The molecule has 0 spiro atoms. The molecule has 9 heteroatoms. The quantitative estimate of drug-likeness (QED) is 0.524. The highest BCUT2D eigenvalue weighted by Crippen LogP contribution is 2.13. The molecule has 0 unspecified atom stereocenters. The number of pyridine rings is 1.